The van der Waals surface area contributed by atoms with Crippen molar-refractivity contribution < 1.29 is 0 Å². The molecule has 1 aliphatic heterocycles. The Kier molecular flexibility index (Phi) is 4.48. The van der Waals surface area contributed by atoms with Gasteiger partial charge in [-0.2, -0.15) is 0 Å². The third-order valence-electron chi connectivity index (χ3n) is 6.18. The molecule has 3 rings (SSSR count). The average Bonchev–Trinajstić information content (AvgIpc) is 3.09. The van der Waals surface area contributed by atoms with Crippen LogP contribution in [0.15, 0.2) is 0 Å². The maximum atomic E-state index is 3.86. The largest absolute Gasteiger partial charge is 0.312 e. The smallest absolute Gasteiger partial charge is 0.0192 e. The Morgan fingerprint density at radius 1 is 1.00 bits per heavy atom. The van der Waals surface area contributed by atoms with E-state index in [0.29, 0.717) is 0 Å². The molecule has 2 aliphatic carbocycles. The topological polar surface area (TPSA) is 15.3 Å². The zero-order chi connectivity index (χ0) is 13.1. The van der Waals surface area contributed by atoms with E-state index in [9.17, 15) is 0 Å². The summed E-state index contributed by atoms with van der Waals surface area (Å²) >= 11 is 0. The third kappa shape index (κ3) is 3.33. The van der Waals surface area contributed by atoms with E-state index in [-0.39, 0.29) is 0 Å². The molecule has 0 aromatic heterocycles. The predicted molar refractivity (Wildman–Crippen MR) is 81.4 cm³/mol. The van der Waals surface area contributed by atoms with E-state index in [0.717, 1.165) is 17.5 Å². The van der Waals surface area contributed by atoms with Gasteiger partial charge in [0.25, 0.3) is 0 Å². The molecule has 2 heteroatoms. The van der Waals surface area contributed by atoms with Crippen molar-refractivity contribution in [2.45, 2.75) is 83.2 Å². The van der Waals surface area contributed by atoms with Gasteiger partial charge in [0.15, 0.2) is 0 Å². The SMILES string of the molecule is CC(CNC1CCC2(CCCC2)CC1)N1CCCC1. The molecule has 1 heterocycles. The van der Waals surface area contributed by atoms with Gasteiger partial charge in [-0.3, -0.25) is 4.90 Å². The Morgan fingerprint density at radius 3 is 2.26 bits per heavy atom. The quantitative estimate of drug-likeness (QED) is 0.835. The van der Waals surface area contributed by atoms with E-state index >= 15 is 0 Å². The number of rotatable bonds is 4. The lowest BCUT2D eigenvalue weighted by Gasteiger charge is -2.38. The van der Waals surface area contributed by atoms with Crippen molar-refractivity contribution in [3.8, 4) is 0 Å². The molecule has 0 bridgehead atoms. The Labute approximate surface area is 119 Å². The molecule has 3 fully saturated rings. The third-order valence-corrected chi connectivity index (χ3v) is 6.18. The fourth-order valence-corrected chi connectivity index (χ4v) is 4.71. The second-order valence-electron chi connectivity index (χ2n) is 7.48. The van der Waals surface area contributed by atoms with Crippen molar-refractivity contribution in [2.24, 2.45) is 5.41 Å². The van der Waals surface area contributed by atoms with Crippen LogP contribution in [-0.4, -0.2) is 36.6 Å². The minimum atomic E-state index is 0.741. The summed E-state index contributed by atoms with van der Waals surface area (Å²) < 4.78 is 0. The van der Waals surface area contributed by atoms with Crippen LogP contribution in [0.4, 0.5) is 0 Å². The van der Waals surface area contributed by atoms with Gasteiger partial charge < -0.3 is 5.32 Å². The lowest BCUT2D eigenvalue weighted by Crippen LogP contribution is -2.44. The first kappa shape index (κ1) is 13.9. The first-order chi connectivity index (χ1) is 9.27. The molecule has 19 heavy (non-hydrogen) atoms. The molecular formula is C17H32N2. The summed E-state index contributed by atoms with van der Waals surface area (Å²) in [5.74, 6) is 0. The van der Waals surface area contributed by atoms with E-state index in [1.54, 1.807) is 0 Å². The summed E-state index contributed by atoms with van der Waals surface area (Å²) in [6.45, 7) is 6.27. The molecule has 1 atom stereocenters. The van der Waals surface area contributed by atoms with Crippen molar-refractivity contribution in [1.29, 1.82) is 0 Å². The molecule has 110 valence electrons. The van der Waals surface area contributed by atoms with Crippen LogP contribution >= 0.6 is 0 Å². The highest BCUT2D eigenvalue weighted by Crippen LogP contribution is 2.48. The van der Waals surface area contributed by atoms with Crippen LogP contribution in [0.5, 0.6) is 0 Å². The molecule has 0 aromatic carbocycles. The van der Waals surface area contributed by atoms with E-state index in [2.05, 4.69) is 17.1 Å². The monoisotopic (exact) mass is 264 g/mol. The van der Waals surface area contributed by atoms with Crippen molar-refractivity contribution >= 4 is 0 Å². The fourth-order valence-electron chi connectivity index (χ4n) is 4.71. The zero-order valence-corrected chi connectivity index (χ0v) is 12.8. The van der Waals surface area contributed by atoms with Gasteiger partial charge in [0.2, 0.25) is 0 Å². The molecule has 1 N–H and O–H groups in total. The van der Waals surface area contributed by atoms with Crippen LogP contribution in [-0.2, 0) is 0 Å². The fraction of sp³-hybridized carbons (Fsp3) is 1.00. The summed E-state index contributed by atoms with van der Waals surface area (Å²) in [6.07, 6.45) is 14.8. The Morgan fingerprint density at radius 2 is 1.63 bits per heavy atom. The Hall–Kier alpha value is -0.0800. The highest BCUT2D eigenvalue weighted by molar-refractivity contribution is 4.91. The number of hydrogen-bond donors (Lipinski definition) is 1. The minimum Gasteiger partial charge on any atom is -0.312 e. The minimum absolute atomic E-state index is 0.741. The molecule has 2 nitrogen and oxygen atoms in total. The van der Waals surface area contributed by atoms with Gasteiger partial charge in [-0.05, 0) is 76.8 Å². The number of nitrogens with zero attached hydrogens (tertiary/aromatic N) is 1. The first-order valence-corrected chi connectivity index (χ1v) is 8.75. The van der Waals surface area contributed by atoms with Crippen molar-refractivity contribution in [2.75, 3.05) is 19.6 Å². The predicted octanol–water partition coefficient (Wildman–Crippen LogP) is 3.56. The summed E-state index contributed by atoms with van der Waals surface area (Å²) in [5, 5.41) is 3.86. The number of nitrogens with one attached hydrogen (secondary N) is 1. The van der Waals surface area contributed by atoms with Crippen LogP contribution < -0.4 is 5.32 Å². The Bertz CT molecular complexity index is 267. The van der Waals surface area contributed by atoms with Gasteiger partial charge in [0.1, 0.15) is 0 Å². The second kappa shape index (κ2) is 6.13. The van der Waals surface area contributed by atoms with E-state index < -0.39 is 0 Å². The molecule has 1 unspecified atom stereocenters. The van der Waals surface area contributed by atoms with Gasteiger partial charge in [-0.25, -0.2) is 0 Å². The van der Waals surface area contributed by atoms with E-state index in [1.165, 1.54) is 83.8 Å². The van der Waals surface area contributed by atoms with Crippen LogP contribution in [0, 0.1) is 5.41 Å². The highest BCUT2D eigenvalue weighted by Gasteiger charge is 2.37. The summed E-state index contributed by atoms with van der Waals surface area (Å²) in [6, 6.07) is 1.56. The van der Waals surface area contributed by atoms with Gasteiger partial charge in [0.05, 0.1) is 0 Å². The van der Waals surface area contributed by atoms with Crippen molar-refractivity contribution in [3.63, 3.8) is 0 Å². The van der Waals surface area contributed by atoms with Crippen LogP contribution in [0.2, 0.25) is 0 Å². The molecule has 2 saturated carbocycles. The van der Waals surface area contributed by atoms with E-state index in [4.69, 9.17) is 0 Å². The van der Waals surface area contributed by atoms with Crippen LogP contribution in [0.1, 0.15) is 71.1 Å². The zero-order valence-electron chi connectivity index (χ0n) is 12.8. The summed E-state index contributed by atoms with van der Waals surface area (Å²) in [5.41, 5.74) is 0.790. The molecule has 1 spiro atoms. The van der Waals surface area contributed by atoms with Crippen LogP contribution in [0.3, 0.4) is 0 Å². The molecule has 0 aromatic rings. The lowest BCUT2D eigenvalue weighted by atomic mass is 9.71. The molecular weight excluding hydrogens is 232 g/mol. The molecule has 3 aliphatic rings. The maximum absolute atomic E-state index is 3.86. The summed E-state index contributed by atoms with van der Waals surface area (Å²) in [7, 11) is 0. The molecule has 0 amide bonds. The van der Waals surface area contributed by atoms with Crippen molar-refractivity contribution in [3.05, 3.63) is 0 Å². The van der Waals surface area contributed by atoms with Gasteiger partial charge in [0, 0.05) is 18.6 Å². The average molecular weight is 264 g/mol. The number of likely N-dealkylation sites (tertiary alicyclic amines) is 1. The summed E-state index contributed by atoms with van der Waals surface area (Å²) in [4.78, 5) is 2.66. The van der Waals surface area contributed by atoms with Gasteiger partial charge in [-0.1, -0.05) is 12.8 Å². The lowest BCUT2D eigenvalue weighted by molar-refractivity contribution is 0.161. The second-order valence-corrected chi connectivity index (χ2v) is 7.48. The van der Waals surface area contributed by atoms with Gasteiger partial charge >= 0.3 is 0 Å². The molecule has 1 saturated heterocycles. The normalized spacial score (nSPS) is 30.2. The van der Waals surface area contributed by atoms with Crippen molar-refractivity contribution in [1.82, 2.24) is 10.2 Å². The van der Waals surface area contributed by atoms with Crippen LogP contribution in [0.25, 0.3) is 0 Å². The van der Waals surface area contributed by atoms with Gasteiger partial charge in [-0.15, -0.1) is 0 Å². The highest BCUT2D eigenvalue weighted by atomic mass is 15.2. The maximum Gasteiger partial charge on any atom is 0.0192 e. The van der Waals surface area contributed by atoms with E-state index in [1.807, 2.05) is 0 Å². The Balaban J connectivity index is 1.37. The standard InChI is InChI=1S/C17H32N2/c1-15(19-12-4-5-13-19)14-18-16-6-10-17(11-7-16)8-2-3-9-17/h15-16,18H,2-14H2,1H3. The first-order valence-electron chi connectivity index (χ1n) is 8.75. The molecule has 0 radical (unpaired) electrons. The number of hydrogen-bond acceptors (Lipinski definition) is 2.